The molecule has 0 amide bonds. The van der Waals surface area contributed by atoms with E-state index in [4.69, 9.17) is 0 Å². The summed E-state index contributed by atoms with van der Waals surface area (Å²) in [7, 11) is 0. The molecule has 0 aliphatic heterocycles. The van der Waals surface area contributed by atoms with Gasteiger partial charge in [-0.15, -0.1) is 5.92 Å². The van der Waals surface area contributed by atoms with E-state index in [1.165, 1.54) is 0 Å². The minimum atomic E-state index is 1.63. The smallest absolute Gasteiger partial charge is 0.0989 e. The van der Waals surface area contributed by atoms with E-state index in [1.807, 2.05) is 0 Å². The number of hydrogen-bond donors (Lipinski definition) is 0. The van der Waals surface area contributed by atoms with Gasteiger partial charge in [-0.3, -0.25) is 0 Å². The average Bonchev–Trinajstić information content (AvgIpc) is 1.41. The molecule has 0 bridgehead atoms. The highest BCUT2D eigenvalue weighted by molar-refractivity contribution is 9.10. The van der Waals surface area contributed by atoms with Crippen molar-refractivity contribution in [3.63, 3.8) is 0 Å². The Bertz CT molecular complexity index is 55.8. The lowest BCUT2D eigenvalue weighted by Gasteiger charge is -1.54. The number of rotatable bonds is 0. The summed E-state index contributed by atoms with van der Waals surface area (Å²) in [4.78, 5) is 0. The predicted molar refractivity (Wildman–Crippen MR) is 26.7 cm³/mol. The van der Waals surface area contributed by atoms with Crippen molar-refractivity contribution in [3.05, 3.63) is 5.33 Å². The van der Waals surface area contributed by atoms with Crippen LogP contribution in [0, 0.1) is 17.2 Å². The van der Waals surface area contributed by atoms with Crippen LogP contribution in [-0.4, -0.2) is 0 Å². The van der Waals surface area contributed by atoms with Gasteiger partial charge in [0.05, 0.1) is 5.33 Å². The second kappa shape index (κ2) is 4.04. The molecule has 0 aliphatic rings. The average molecular weight is 132 g/mol. The number of halogens is 1. The van der Waals surface area contributed by atoms with Crippen LogP contribution in [0.5, 0.6) is 0 Å². The fourth-order valence-corrected chi connectivity index (χ4v) is 0.283. The summed E-state index contributed by atoms with van der Waals surface area (Å²) in [6.07, 6.45) is 0. The van der Waals surface area contributed by atoms with Crippen molar-refractivity contribution >= 4 is 15.9 Å². The molecule has 0 nitrogen and oxygen atoms in total. The largest absolute Gasteiger partial charge is 0.105 e. The Balaban J connectivity index is 2.81. The van der Waals surface area contributed by atoms with Gasteiger partial charge in [-0.25, -0.2) is 0 Å². The van der Waals surface area contributed by atoms with E-state index in [1.54, 1.807) is 12.3 Å². The van der Waals surface area contributed by atoms with Gasteiger partial charge in [0.1, 0.15) is 0 Å². The van der Waals surface area contributed by atoms with Crippen molar-refractivity contribution in [2.75, 3.05) is 0 Å². The van der Waals surface area contributed by atoms with Crippen molar-refractivity contribution in [2.45, 2.75) is 6.92 Å². The van der Waals surface area contributed by atoms with Crippen LogP contribution in [-0.2, 0) is 0 Å². The van der Waals surface area contributed by atoms with E-state index in [0.717, 1.165) is 0 Å². The molecule has 0 aromatic heterocycles. The highest BCUT2D eigenvalue weighted by atomic mass is 79.9. The van der Waals surface area contributed by atoms with E-state index < -0.39 is 0 Å². The van der Waals surface area contributed by atoms with Crippen LogP contribution in [0.1, 0.15) is 6.92 Å². The van der Waals surface area contributed by atoms with Crippen LogP contribution in [0.4, 0.5) is 0 Å². The summed E-state index contributed by atoms with van der Waals surface area (Å²) >= 11 is 3.01. The van der Waals surface area contributed by atoms with Crippen molar-refractivity contribution in [3.8, 4) is 11.8 Å². The Kier molecular flexibility index (Phi) is 4.07. The van der Waals surface area contributed by atoms with Gasteiger partial charge in [0, 0.05) is 0 Å². The fourth-order valence-electron chi connectivity index (χ4n) is 0.0546. The standard InChI is InChI=1S/C4H4Br/c1-2-3-4-5/h4H,1H3. The Morgan fingerprint density at radius 1 is 1.80 bits per heavy atom. The molecule has 0 atom stereocenters. The summed E-state index contributed by atoms with van der Waals surface area (Å²) in [6.45, 7) is 1.79. The molecule has 0 fully saturated rings. The molecule has 5 heavy (non-hydrogen) atoms. The van der Waals surface area contributed by atoms with Gasteiger partial charge in [-0.1, -0.05) is 21.9 Å². The lowest BCUT2D eigenvalue weighted by Crippen LogP contribution is -1.40. The quantitative estimate of drug-likeness (QED) is 0.439. The Labute approximate surface area is 40.7 Å². The normalized spacial score (nSPS) is 5.20. The summed E-state index contributed by atoms with van der Waals surface area (Å²) in [5.41, 5.74) is 0. The zero-order valence-electron chi connectivity index (χ0n) is 2.96. The SMILES string of the molecule is CC#C[CH]Br. The van der Waals surface area contributed by atoms with Crippen LogP contribution >= 0.6 is 15.9 Å². The van der Waals surface area contributed by atoms with Crippen molar-refractivity contribution in [1.29, 1.82) is 0 Å². The predicted octanol–water partition coefficient (Wildman–Crippen LogP) is 1.57. The third-order valence-electron chi connectivity index (χ3n) is 0.199. The van der Waals surface area contributed by atoms with Crippen LogP contribution < -0.4 is 0 Å². The fraction of sp³-hybridized carbons (Fsp3) is 0.250. The van der Waals surface area contributed by atoms with Gasteiger partial charge in [0.2, 0.25) is 0 Å². The van der Waals surface area contributed by atoms with E-state index in [9.17, 15) is 0 Å². The van der Waals surface area contributed by atoms with E-state index in [2.05, 4.69) is 27.8 Å². The summed E-state index contributed by atoms with van der Waals surface area (Å²) in [5.74, 6) is 5.32. The zero-order valence-corrected chi connectivity index (χ0v) is 4.54. The molecule has 0 unspecified atom stereocenters. The first-order valence-corrected chi connectivity index (χ1v) is 2.17. The third kappa shape index (κ3) is 4.04. The van der Waals surface area contributed by atoms with Crippen LogP contribution in [0.3, 0.4) is 0 Å². The van der Waals surface area contributed by atoms with Gasteiger partial charge in [0.25, 0.3) is 0 Å². The van der Waals surface area contributed by atoms with Crippen molar-refractivity contribution in [2.24, 2.45) is 0 Å². The first-order valence-electron chi connectivity index (χ1n) is 1.26. The Hall–Kier alpha value is 0.0400. The molecule has 0 aromatic rings. The minimum Gasteiger partial charge on any atom is -0.105 e. The molecule has 1 heteroatoms. The van der Waals surface area contributed by atoms with E-state index >= 15 is 0 Å². The highest BCUT2D eigenvalue weighted by Crippen LogP contribution is 1.80. The molecule has 0 N–H and O–H groups in total. The van der Waals surface area contributed by atoms with Gasteiger partial charge in [0.15, 0.2) is 0 Å². The molecule has 0 saturated carbocycles. The molecule has 0 aliphatic carbocycles. The summed E-state index contributed by atoms with van der Waals surface area (Å²) in [5, 5.41) is 1.63. The maximum absolute atomic E-state index is 3.01. The monoisotopic (exact) mass is 131 g/mol. The van der Waals surface area contributed by atoms with Gasteiger partial charge in [-0.05, 0) is 6.92 Å². The van der Waals surface area contributed by atoms with E-state index in [-0.39, 0.29) is 0 Å². The molecule has 0 rings (SSSR count). The maximum atomic E-state index is 3.01. The first kappa shape index (κ1) is 5.04. The Morgan fingerprint density at radius 2 is 2.40 bits per heavy atom. The van der Waals surface area contributed by atoms with Crippen LogP contribution in [0.25, 0.3) is 0 Å². The van der Waals surface area contributed by atoms with Crippen LogP contribution in [0.2, 0.25) is 0 Å². The topological polar surface area (TPSA) is 0 Å². The molecule has 1 radical (unpaired) electrons. The molecular weight excluding hydrogens is 128 g/mol. The second-order valence-corrected chi connectivity index (χ2v) is 0.961. The van der Waals surface area contributed by atoms with Crippen LogP contribution in [0.15, 0.2) is 0 Å². The van der Waals surface area contributed by atoms with E-state index in [0.29, 0.717) is 0 Å². The van der Waals surface area contributed by atoms with Gasteiger partial charge >= 0.3 is 0 Å². The first-order chi connectivity index (χ1) is 2.41. The third-order valence-corrected chi connectivity index (χ3v) is 0.428. The lowest BCUT2D eigenvalue weighted by atomic mass is 10.7. The molecule has 0 aromatic carbocycles. The Morgan fingerprint density at radius 3 is 2.40 bits per heavy atom. The lowest BCUT2D eigenvalue weighted by molar-refractivity contribution is 1.91. The zero-order chi connectivity index (χ0) is 4.12. The molecule has 27 valence electrons. The van der Waals surface area contributed by atoms with Gasteiger partial charge in [-0.2, -0.15) is 0 Å². The molecular formula is C4H4Br. The molecule has 0 heterocycles. The second-order valence-electron chi connectivity index (χ2n) is 0.503. The van der Waals surface area contributed by atoms with Crippen molar-refractivity contribution < 1.29 is 0 Å². The maximum Gasteiger partial charge on any atom is 0.0989 e. The summed E-state index contributed by atoms with van der Waals surface area (Å²) in [6, 6.07) is 0. The number of hydrogen-bond acceptors (Lipinski definition) is 0. The molecule has 0 saturated heterocycles. The van der Waals surface area contributed by atoms with Gasteiger partial charge < -0.3 is 0 Å². The minimum absolute atomic E-state index is 1.63. The summed E-state index contributed by atoms with van der Waals surface area (Å²) < 4.78 is 0. The molecule has 0 spiro atoms. The highest BCUT2D eigenvalue weighted by Gasteiger charge is 1.52. The van der Waals surface area contributed by atoms with Crippen molar-refractivity contribution in [1.82, 2.24) is 0 Å².